The van der Waals surface area contributed by atoms with Crippen molar-refractivity contribution in [3.63, 3.8) is 0 Å². The highest BCUT2D eigenvalue weighted by molar-refractivity contribution is 5.91. The molecule has 19 heavy (non-hydrogen) atoms. The Hall–Kier alpha value is -0.870. The van der Waals surface area contributed by atoms with Gasteiger partial charge in [0.05, 0.1) is 23.4 Å². The molecule has 0 radical (unpaired) electrons. The van der Waals surface area contributed by atoms with E-state index in [4.69, 9.17) is 14.2 Å². The predicted octanol–water partition coefficient (Wildman–Crippen LogP) is 2.12. The van der Waals surface area contributed by atoms with E-state index in [1.807, 2.05) is 6.92 Å². The van der Waals surface area contributed by atoms with Crippen molar-refractivity contribution >= 4 is 5.97 Å². The quantitative estimate of drug-likeness (QED) is 0.497. The summed E-state index contributed by atoms with van der Waals surface area (Å²) < 4.78 is 17.3. The van der Waals surface area contributed by atoms with Crippen LogP contribution in [0.1, 0.15) is 46.5 Å². The zero-order chi connectivity index (χ0) is 13.4. The highest BCUT2D eigenvalue weighted by Crippen LogP contribution is 2.53. The van der Waals surface area contributed by atoms with Crippen molar-refractivity contribution in [1.29, 1.82) is 0 Å². The standard InChI is InChI=1S/C15H20O4/c1-8-9-6-12-14(2,19-12)5-4-11-15(3,18-11)7-10(9)17-13(8)16/h10-12H,4-7H2,1-3H3. The van der Waals surface area contributed by atoms with E-state index < -0.39 is 0 Å². The van der Waals surface area contributed by atoms with Gasteiger partial charge in [-0.15, -0.1) is 0 Å². The van der Waals surface area contributed by atoms with E-state index in [9.17, 15) is 4.79 Å². The third-order valence-electron chi connectivity index (χ3n) is 5.40. The maximum atomic E-state index is 11.8. The summed E-state index contributed by atoms with van der Waals surface area (Å²) >= 11 is 0. The monoisotopic (exact) mass is 264 g/mol. The second-order valence-electron chi connectivity index (χ2n) is 6.83. The molecule has 4 rings (SSSR count). The Bertz CT molecular complexity index is 496. The molecular weight excluding hydrogens is 244 g/mol. The minimum absolute atomic E-state index is 0.0202. The average Bonchev–Trinajstić information content (AvgIpc) is 3.15. The van der Waals surface area contributed by atoms with Crippen LogP contribution in [-0.4, -0.2) is 35.5 Å². The predicted molar refractivity (Wildman–Crippen MR) is 67.6 cm³/mol. The third kappa shape index (κ3) is 1.69. The topological polar surface area (TPSA) is 51.4 Å². The summed E-state index contributed by atoms with van der Waals surface area (Å²) in [4.78, 5) is 11.8. The molecule has 1 saturated carbocycles. The van der Waals surface area contributed by atoms with Crippen molar-refractivity contribution in [2.45, 2.75) is 76.0 Å². The van der Waals surface area contributed by atoms with Crippen LogP contribution < -0.4 is 0 Å². The van der Waals surface area contributed by atoms with E-state index in [0.717, 1.165) is 36.8 Å². The Morgan fingerprint density at radius 3 is 2.68 bits per heavy atom. The van der Waals surface area contributed by atoms with Crippen molar-refractivity contribution in [3.8, 4) is 0 Å². The van der Waals surface area contributed by atoms with Gasteiger partial charge in [0.15, 0.2) is 0 Å². The molecule has 4 aliphatic rings. The number of rotatable bonds is 0. The van der Waals surface area contributed by atoms with Gasteiger partial charge < -0.3 is 14.2 Å². The first-order valence-corrected chi connectivity index (χ1v) is 7.18. The van der Waals surface area contributed by atoms with E-state index in [-0.39, 0.29) is 29.4 Å². The minimum Gasteiger partial charge on any atom is -0.454 e. The minimum atomic E-state index is -0.164. The summed E-state index contributed by atoms with van der Waals surface area (Å²) in [5.74, 6) is -0.164. The van der Waals surface area contributed by atoms with Gasteiger partial charge in [-0.25, -0.2) is 4.79 Å². The van der Waals surface area contributed by atoms with Crippen molar-refractivity contribution in [3.05, 3.63) is 11.1 Å². The van der Waals surface area contributed by atoms with Crippen molar-refractivity contribution < 1.29 is 19.0 Å². The fourth-order valence-corrected chi connectivity index (χ4v) is 3.70. The number of hydrogen-bond acceptors (Lipinski definition) is 4. The lowest BCUT2D eigenvalue weighted by Crippen LogP contribution is -2.25. The highest BCUT2D eigenvalue weighted by Gasteiger charge is 2.60. The second kappa shape index (κ2) is 3.41. The van der Waals surface area contributed by atoms with Crippen molar-refractivity contribution in [1.82, 2.24) is 0 Å². The largest absolute Gasteiger partial charge is 0.454 e. The molecule has 3 aliphatic heterocycles. The van der Waals surface area contributed by atoms with E-state index >= 15 is 0 Å². The number of ether oxygens (including phenoxy) is 3. The average molecular weight is 264 g/mol. The molecule has 0 amide bonds. The molecule has 2 saturated heterocycles. The zero-order valence-electron chi connectivity index (χ0n) is 11.7. The Labute approximate surface area is 113 Å². The summed E-state index contributed by atoms with van der Waals surface area (Å²) in [6, 6.07) is 0. The first-order valence-electron chi connectivity index (χ1n) is 7.18. The molecule has 4 nitrogen and oxygen atoms in total. The molecule has 0 aromatic rings. The lowest BCUT2D eigenvalue weighted by molar-refractivity contribution is -0.140. The lowest BCUT2D eigenvalue weighted by Gasteiger charge is -2.18. The molecular formula is C15H20O4. The molecule has 3 heterocycles. The van der Waals surface area contributed by atoms with Gasteiger partial charge in [0.1, 0.15) is 6.10 Å². The normalized spacial score (nSPS) is 51.9. The summed E-state index contributed by atoms with van der Waals surface area (Å²) in [5.41, 5.74) is 1.78. The Kier molecular flexibility index (Phi) is 2.14. The SMILES string of the molecule is CC1=C2CC3OC3(C)CCC3OC3(C)CC2OC1=O. The molecule has 0 aromatic carbocycles. The van der Waals surface area contributed by atoms with Crippen molar-refractivity contribution in [2.24, 2.45) is 0 Å². The molecule has 0 aromatic heterocycles. The van der Waals surface area contributed by atoms with Crippen LogP contribution in [-0.2, 0) is 19.0 Å². The molecule has 0 bridgehead atoms. The number of epoxide rings is 2. The molecule has 5 unspecified atom stereocenters. The molecule has 1 aliphatic carbocycles. The number of esters is 1. The number of carbonyl (C=O) groups is 1. The fourth-order valence-electron chi connectivity index (χ4n) is 3.70. The number of fused-ring (bicyclic) bond motifs is 3. The molecule has 3 fully saturated rings. The van der Waals surface area contributed by atoms with Gasteiger partial charge >= 0.3 is 5.97 Å². The molecule has 0 N–H and O–H groups in total. The van der Waals surface area contributed by atoms with Crippen LogP contribution >= 0.6 is 0 Å². The van der Waals surface area contributed by atoms with Gasteiger partial charge in [0.25, 0.3) is 0 Å². The van der Waals surface area contributed by atoms with Gasteiger partial charge in [-0.1, -0.05) is 0 Å². The Morgan fingerprint density at radius 1 is 1.16 bits per heavy atom. The first kappa shape index (κ1) is 11.9. The first-order chi connectivity index (χ1) is 8.91. The third-order valence-corrected chi connectivity index (χ3v) is 5.40. The Balaban J connectivity index is 1.66. The van der Waals surface area contributed by atoms with Crippen LogP contribution in [0.25, 0.3) is 0 Å². The number of hydrogen-bond donors (Lipinski definition) is 0. The summed E-state index contributed by atoms with van der Waals surface area (Å²) in [6.07, 6.45) is 4.16. The summed E-state index contributed by atoms with van der Waals surface area (Å²) in [7, 11) is 0. The van der Waals surface area contributed by atoms with Crippen LogP contribution in [0.4, 0.5) is 0 Å². The van der Waals surface area contributed by atoms with Gasteiger partial charge in [-0.3, -0.25) is 0 Å². The number of carbonyl (C=O) groups excluding carboxylic acids is 1. The maximum absolute atomic E-state index is 11.8. The van der Waals surface area contributed by atoms with Crippen LogP contribution in [0, 0.1) is 0 Å². The van der Waals surface area contributed by atoms with Gasteiger partial charge in [0.2, 0.25) is 0 Å². The van der Waals surface area contributed by atoms with Gasteiger partial charge in [-0.05, 0) is 39.2 Å². The molecule has 0 spiro atoms. The van der Waals surface area contributed by atoms with Crippen molar-refractivity contribution in [2.75, 3.05) is 0 Å². The molecule has 5 atom stereocenters. The van der Waals surface area contributed by atoms with E-state index in [2.05, 4.69) is 13.8 Å². The van der Waals surface area contributed by atoms with Gasteiger partial charge in [0, 0.05) is 18.4 Å². The summed E-state index contributed by atoms with van der Waals surface area (Å²) in [6.45, 7) is 6.17. The summed E-state index contributed by atoms with van der Waals surface area (Å²) in [5, 5.41) is 0. The highest BCUT2D eigenvalue weighted by atomic mass is 16.6. The maximum Gasteiger partial charge on any atom is 0.334 e. The van der Waals surface area contributed by atoms with E-state index in [0.29, 0.717) is 6.10 Å². The second-order valence-corrected chi connectivity index (χ2v) is 6.83. The van der Waals surface area contributed by atoms with Crippen LogP contribution in [0.3, 0.4) is 0 Å². The van der Waals surface area contributed by atoms with Crippen LogP contribution in [0.2, 0.25) is 0 Å². The van der Waals surface area contributed by atoms with E-state index in [1.54, 1.807) is 0 Å². The van der Waals surface area contributed by atoms with Crippen LogP contribution in [0.15, 0.2) is 11.1 Å². The van der Waals surface area contributed by atoms with Crippen LogP contribution in [0.5, 0.6) is 0 Å². The lowest BCUT2D eigenvalue weighted by atomic mass is 9.85. The fraction of sp³-hybridized carbons (Fsp3) is 0.800. The Morgan fingerprint density at radius 2 is 1.89 bits per heavy atom. The van der Waals surface area contributed by atoms with E-state index in [1.165, 1.54) is 0 Å². The molecule has 4 heteroatoms. The molecule has 104 valence electrons. The smallest absolute Gasteiger partial charge is 0.334 e. The van der Waals surface area contributed by atoms with Gasteiger partial charge in [-0.2, -0.15) is 0 Å². The zero-order valence-corrected chi connectivity index (χ0v) is 11.7.